The van der Waals surface area contributed by atoms with E-state index in [2.05, 4.69) is 57.1 Å². The van der Waals surface area contributed by atoms with E-state index in [0.717, 1.165) is 53.1 Å². The third kappa shape index (κ3) is 5.13. The fourth-order valence-electron chi connectivity index (χ4n) is 5.26. The lowest BCUT2D eigenvalue weighted by Crippen LogP contribution is -2.31. The Morgan fingerprint density at radius 2 is 1.79 bits per heavy atom. The van der Waals surface area contributed by atoms with Gasteiger partial charge in [0.2, 0.25) is 0 Å². The van der Waals surface area contributed by atoms with Gasteiger partial charge < -0.3 is 25.2 Å². The highest BCUT2D eigenvalue weighted by Gasteiger charge is 2.41. The van der Waals surface area contributed by atoms with Gasteiger partial charge in [0.1, 0.15) is 0 Å². The molecule has 3 N–H and O–H groups in total. The first-order valence-corrected chi connectivity index (χ1v) is 13.1. The minimum absolute atomic E-state index is 0.0348. The zero-order valence-corrected chi connectivity index (χ0v) is 22.3. The number of anilines is 1. The number of hydrogen-bond donors (Lipinski definition) is 3. The molecule has 1 aliphatic heterocycles. The van der Waals surface area contributed by atoms with Crippen LogP contribution >= 0.6 is 12.2 Å². The van der Waals surface area contributed by atoms with E-state index in [0.29, 0.717) is 0 Å². The summed E-state index contributed by atoms with van der Waals surface area (Å²) in [5.74, 6) is -0.931. The summed E-state index contributed by atoms with van der Waals surface area (Å²) in [6.07, 6.45) is 2.73. The summed E-state index contributed by atoms with van der Waals surface area (Å²) in [5.41, 5.74) is 6.59. The number of aromatic carboxylic acids is 1. The largest absolute Gasteiger partial charge is 0.478 e. The van der Waals surface area contributed by atoms with Gasteiger partial charge in [-0.3, -0.25) is 4.98 Å². The van der Waals surface area contributed by atoms with Crippen LogP contribution in [0.3, 0.4) is 0 Å². The maximum atomic E-state index is 11.3. The van der Waals surface area contributed by atoms with Crippen LogP contribution in [-0.4, -0.2) is 43.7 Å². The summed E-state index contributed by atoms with van der Waals surface area (Å²) < 4.78 is 2.17. The van der Waals surface area contributed by atoms with Gasteiger partial charge in [-0.25, -0.2) is 4.79 Å². The first-order chi connectivity index (χ1) is 18.4. The summed E-state index contributed by atoms with van der Waals surface area (Å²) in [6, 6.07) is 25.3. The number of pyridine rings is 1. The number of thiocarbonyl (C=S) groups is 1. The monoisotopic (exact) mass is 525 g/mol. The summed E-state index contributed by atoms with van der Waals surface area (Å²) in [4.78, 5) is 18.3. The zero-order chi connectivity index (χ0) is 26.6. The van der Waals surface area contributed by atoms with E-state index >= 15 is 0 Å². The normalized spacial score (nSPS) is 16.9. The highest BCUT2D eigenvalue weighted by Crippen LogP contribution is 2.41. The molecule has 0 bridgehead atoms. The van der Waals surface area contributed by atoms with Gasteiger partial charge in [-0.1, -0.05) is 24.3 Å². The van der Waals surface area contributed by atoms with Crippen LogP contribution in [0.1, 0.15) is 51.5 Å². The van der Waals surface area contributed by atoms with E-state index in [-0.39, 0.29) is 17.6 Å². The molecule has 0 saturated carbocycles. The number of aryl methyl sites for hydroxylation is 1. The molecule has 8 heteroatoms. The lowest BCUT2D eigenvalue weighted by molar-refractivity contribution is 0.0697. The molecule has 2 aromatic heterocycles. The molecule has 0 radical (unpaired) electrons. The first kappa shape index (κ1) is 25.5. The quantitative estimate of drug-likeness (QED) is 0.192. The molecule has 0 spiro atoms. The van der Waals surface area contributed by atoms with Gasteiger partial charge in [0.25, 0.3) is 0 Å². The third-order valence-electron chi connectivity index (χ3n) is 7.04. The number of nitrogens with zero attached hydrogens (tertiary/aromatic N) is 3. The highest BCUT2D eigenvalue weighted by molar-refractivity contribution is 7.80. The van der Waals surface area contributed by atoms with Crippen molar-refractivity contribution >= 4 is 29.0 Å². The smallest absolute Gasteiger partial charge is 0.335 e. The van der Waals surface area contributed by atoms with E-state index in [9.17, 15) is 9.90 Å². The average molecular weight is 526 g/mol. The Morgan fingerprint density at radius 3 is 2.47 bits per heavy atom. The first-order valence-electron chi connectivity index (χ1n) is 12.7. The van der Waals surface area contributed by atoms with Crippen LogP contribution < -0.4 is 10.6 Å². The number of carboxylic acids is 1. The molecule has 1 fully saturated rings. The van der Waals surface area contributed by atoms with E-state index in [1.165, 1.54) is 5.56 Å². The number of aromatic nitrogens is 2. The molecular formula is C30H31N5O2S. The SMILES string of the molecule is Cc1cc(C2C(c3ccccn3)NC(=S)N2CCCNc2ccccc2)c(C)n1-c1ccc(C(=O)O)cc1. The number of carboxylic acid groups (broad SMARTS) is 1. The van der Waals surface area contributed by atoms with Crippen LogP contribution in [0, 0.1) is 13.8 Å². The van der Waals surface area contributed by atoms with Crippen LogP contribution in [0.2, 0.25) is 0 Å². The summed E-state index contributed by atoms with van der Waals surface area (Å²) in [7, 11) is 0. The Hall–Kier alpha value is -4.17. The number of rotatable bonds is 9. The Labute approximate surface area is 228 Å². The molecule has 1 saturated heterocycles. The average Bonchev–Trinajstić information content (AvgIpc) is 3.42. The van der Waals surface area contributed by atoms with Crippen molar-refractivity contribution in [3.8, 4) is 5.69 Å². The molecule has 2 atom stereocenters. The maximum absolute atomic E-state index is 11.3. The predicted molar refractivity (Wildman–Crippen MR) is 154 cm³/mol. The number of benzene rings is 2. The van der Waals surface area contributed by atoms with Crippen molar-refractivity contribution in [3.63, 3.8) is 0 Å². The van der Waals surface area contributed by atoms with Gasteiger partial charge in [0.05, 0.1) is 23.3 Å². The van der Waals surface area contributed by atoms with Crippen LogP contribution in [0.25, 0.3) is 5.69 Å². The van der Waals surface area contributed by atoms with E-state index < -0.39 is 5.97 Å². The molecule has 194 valence electrons. The summed E-state index contributed by atoms with van der Waals surface area (Å²) >= 11 is 5.86. The number of para-hydroxylation sites is 1. The van der Waals surface area contributed by atoms with Gasteiger partial charge >= 0.3 is 5.97 Å². The predicted octanol–water partition coefficient (Wildman–Crippen LogP) is 5.66. The molecular weight excluding hydrogens is 494 g/mol. The molecule has 0 aliphatic carbocycles. The molecule has 2 aromatic carbocycles. The van der Waals surface area contributed by atoms with Crippen LogP contribution in [-0.2, 0) is 0 Å². The highest BCUT2D eigenvalue weighted by atomic mass is 32.1. The van der Waals surface area contributed by atoms with Crippen LogP contribution in [0.4, 0.5) is 5.69 Å². The second-order valence-corrected chi connectivity index (χ2v) is 9.87. The zero-order valence-electron chi connectivity index (χ0n) is 21.5. The Bertz CT molecular complexity index is 1420. The fraction of sp³-hybridized carbons (Fsp3) is 0.233. The summed E-state index contributed by atoms with van der Waals surface area (Å²) in [6.45, 7) is 5.81. The molecule has 4 aromatic rings. The van der Waals surface area contributed by atoms with Crippen molar-refractivity contribution < 1.29 is 9.90 Å². The van der Waals surface area contributed by atoms with Gasteiger partial charge in [-0.15, -0.1) is 0 Å². The second-order valence-electron chi connectivity index (χ2n) is 9.48. The van der Waals surface area contributed by atoms with Crippen molar-refractivity contribution in [3.05, 3.63) is 113 Å². The van der Waals surface area contributed by atoms with Gasteiger partial charge in [0, 0.05) is 42.0 Å². The topological polar surface area (TPSA) is 82.4 Å². The fourth-order valence-corrected chi connectivity index (χ4v) is 5.59. The van der Waals surface area contributed by atoms with E-state index in [1.807, 2.05) is 54.7 Å². The lowest BCUT2D eigenvalue weighted by atomic mass is 9.96. The second kappa shape index (κ2) is 11.1. The van der Waals surface area contributed by atoms with Crippen molar-refractivity contribution in [2.75, 3.05) is 18.4 Å². The van der Waals surface area contributed by atoms with E-state index in [4.69, 9.17) is 12.2 Å². The van der Waals surface area contributed by atoms with Gasteiger partial charge in [0.15, 0.2) is 5.11 Å². The van der Waals surface area contributed by atoms with Crippen molar-refractivity contribution in [1.29, 1.82) is 0 Å². The van der Waals surface area contributed by atoms with Gasteiger partial charge in [-0.05, 0) is 92.6 Å². The minimum Gasteiger partial charge on any atom is -0.478 e. The van der Waals surface area contributed by atoms with Crippen LogP contribution in [0.5, 0.6) is 0 Å². The standard InChI is InChI=1S/C30H31N5O2S/c1-20-19-25(21(2)35(20)24-14-12-22(13-15-24)29(36)37)28-27(26-11-6-7-16-32-26)33-30(38)34(28)18-8-17-31-23-9-4-3-5-10-23/h3-7,9-16,19,27-28,31H,8,17-18H2,1-2H3,(H,33,38)(H,36,37). The molecule has 2 unspecified atom stereocenters. The molecule has 1 aliphatic rings. The van der Waals surface area contributed by atoms with E-state index in [1.54, 1.807) is 12.1 Å². The molecule has 5 rings (SSSR count). The molecule has 0 amide bonds. The molecule has 38 heavy (non-hydrogen) atoms. The minimum atomic E-state index is -0.931. The number of carbonyl (C=O) groups is 1. The Morgan fingerprint density at radius 1 is 1.05 bits per heavy atom. The van der Waals surface area contributed by atoms with Crippen molar-refractivity contribution in [2.24, 2.45) is 0 Å². The lowest BCUT2D eigenvalue weighted by Gasteiger charge is -2.28. The third-order valence-corrected chi connectivity index (χ3v) is 7.39. The summed E-state index contributed by atoms with van der Waals surface area (Å²) in [5, 5.41) is 17.1. The van der Waals surface area contributed by atoms with Crippen LogP contribution in [0.15, 0.2) is 85.1 Å². The van der Waals surface area contributed by atoms with Crippen molar-refractivity contribution in [1.82, 2.24) is 19.8 Å². The Kier molecular flexibility index (Phi) is 7.42. The van der Waals surface area contributed by atoms with Gasteiger partial charge in [-0.2, -0.15) is 0 Å². The molecule has 7 nitrogen and oxygen atoms in total. The molecule has 3 heterocycles. The van der Waals surface area contributed by atoms with Crippen molar-refractivity contribution in [2.45, 2.75) is 32.4 Å². The maximum Gasteiger partial charge on any atom is 0.335 e. The number of hydrogen-bond acceptors (Lipinski definition) is 4. The Balaban J connectivity index is 1.45. The number of nitrogens with one attached hydrogen (secondary N) is 2.